The summed E-state index contributed by atoms with van der Waals surface area (Å²) in [4.78, 5) is 11.4. The molecule has 0 saturated carbocycles. The van der Waals surface area contributed by atoms with Crippen LogP contribution in [0.2, 0.25) is 0 Å². The molecule has 6 heteroatoms. The van der Waals surface area contributed by atoms with Crippen molar-refractivity contribution in [2.75, 3.05) is 0 Å². The maximum atomic E-state index is 11.4. The number of hydrogen-bond donors (Lipinski definition) is 1. The summed E-state index contributed by atoms with van der Waals surface area (Å²) in [6.45, 7) is 0. The average molecular weight is 187 g/mol. The Kier molecular flexibility index (Phi) is 1.22. The molecular formula is C8H5N5O. The van der Waals surface area contributed by atoms with Gasteiger partial charge in [-0.1, -0.05) is 12.1 Å². The summed E-state index contributed by atoms with van der Waals surface area (Å²) >= 11 is 0. The molecule has 3 rings (SSSR count). The zero-order valence-corrected chi connectivity index (χ0v) is 7.01. The van der Waals surface area contributed by atoms with E-state index in [1.165, 1.54) is 4.40 Å². The normalized spacial score (nSPS) is 11.1. The molecule has 0 saturated heterocycles. The van der Waals surface area contributed by atoms with Gasteiger partial charge in [-0.15, -0.1) is 15.3 Å². The monoisotopic (exact) mass is 187 g/mol. The Hall–Kier alpha value is -2.24. The van der Waals surface area contributed by atoms with Gasteiger partial charge in [-0.3, -0.25) is 0 Å². The third kappa shape index (κ3) is 0.792. The molecule has 1 aromatic carbocycles. The molecule has 0 radical (unpaired) electrons. The molecule has 0 aliphatic carbocycles. The molecule has 68 valence electrons. The Bertz CT molecular complexity index is 668. The van der Waals surface area contributed by atoms with Crippen LogP contribution in [0.5, 0.6) is 0 Å². The van der Waals surface area contributed by atoms with Gasteiger partial charge in [0.05, 0.1) is 5.52 Å². The van der Waals surface area contributed by atoms with Crippen LogP contribution in [0.25, 0.3) is 16.8 Å². The van der Waals surface area contributed by atoms with E-state index in [0.717, 1.165) is 0 Å². The van der Waals surface area contributed by atoms with Gasteiger partial charge in [0.1, 0.15) is 5.52 Å². The Balaban J connectivity index is 2.72. The van der Waals surface area contributed by atoms with E-state index in [0.29, 0.717) is 11.0 Å². The first-order valence-corrected chi connectivity index (χ1v) is 4.05. The number of fused-ring (bicyclic) bond motifs is 3. The van der Waals surface area contributed by atoms with Crippen LogP contribution in [-0.2, 0) is 0 Å². The molecule has 6 nitrogen and oxygen atoms in total. The van der Waals surface area contributed by atoms with Crippen LogP contribution in [-0.4, -0.2) is 24.8 Å². The number of nitrogens with one attached hydrogen (secondary N) is 1. The van der Waals surface area contributed by atoms with Gasteiger partial charge < -0.3 is 0 Å². The van der Waals surface area contributed by atoms with Crippen molar-refractivity contribution in [1.29, 1.82) is 0 Å². The second-order valence-electron chi connectivity index (χ2n) is 2.85. The number of para-hydroxylation sites is 1. The first-order chi connectivity index (χ1) is 6.86. The highest BCUT2D eigenvalue weighted by molar-refractivity contribution is 5.75. The van der Waals surface area contributed by atoms with E-state index in [9.17, 15) is 4.79 Å². The van der Waals surface area contributed by atoms with Crippen LogP contribution in [0.3, 0.4) is 0 Å². The van der Waals surface area contributed by atoms with Gasteiger partial charge in [-0.25, -0.2) is 14.3 Å². The number of aromatic nitrogens is 5. The molecule has 0 aliphatic rings. The molecule has 0 bridgehead atoms. The molecule has 0 spiro atoms. The lowest BCUT2D eigenvalue weighted by atomic mass is 10.3. The van der Waals surface area contributed by atoms with Gasteiger partial charge in [0, 0.05) is 0 Å². The number of hydrogen-bond acceptors (Lipinski definition) is 4. The largest absolute Gasteiger partial charge is 0.349 e. The topological polar surface area (TPSA) is 75.9 Å². The van der Waals surface area contributed by atoms with Crippen molar-refractivity contribution in [2.45, 2.75) is 0 Å². The van der Waals surface area contributed by atoms with E-state index in [2.05, 4.69) is 20.4 Å². The second kappa shape index (κ2) is 2.38. The van der Waals surface area contributed by atoms with E-state index in [1.54, 1.807) is 12.1 Å². The maximum Gasteiger partial charge on any atom is 0.349 e. The number of H-pyrrole nitrogens is 1. The van der Waals surface area contributed by atoms with Crippen LogP contribution in [0.1, 0.15) is 0 Å². The Morgan fingerprint density at radius 3 is 3.00 bits per heavy atom. The molecule has 3 aromatic rings. The minimum atomic E-state index is -0.300. The van der Waals surface area contributed by atoms with Gasteiger partial charge in [0.15, 0.2) is 0 Å². The summed E-state index contributed by atoms with van der Waals surface area (Å²) in [5.41, 5.74) is 1.07. The van der Waals surface area contributed by atoms with Gasteiger partial charge >= 0.3 is 5.69 Å². The number of nitrogens with zero attached hydrogens (tertiary/aromatic N) is 4. The smallest absolute Gasteiger partial charge is 0.246 e. The van der Waals surface area contributed by atoms with Gasteiger partial charge in [-0.2, -0.15) is 0 Å². The SMILES string of the molecule is O=c1[nH]nc2nnc3ccccc3n12. The standard InChI is InChI=1S/C8H5N5O/c14-8-12-11-7-10-9-5-3-1-2-4-6(5)13(7)8/h1-4H,(H,12,14). The van der Waals surface area contributed by atoms with Crippen molar-refractivity contribution >= 4 is 16.8 Å². The lowest BCUT2D eigenvalue weighted by Crippen LogP contribution is -2.11. The van der Waals surface area contributed by atoms with E-state index in [-0.39, 0.29) is 11.5 Å². The molecule has 0 fully saturated rings. The van der Waals surface area contributed by atoms with E-state index in [4.69, 9.17) is 0 Å². The molecule has 2 heterocycles. The molecule has 2 aromatic heterocycles. The lowest BCUT2D eigenvalue weighted by Gasteiger charge is -1.95. The first kappa shape index (κ1) is 7.19. The van der Waals surface area contributed by atoms with E-state index >= 15 is 0 Å². The third-order valence-electron chi connectivity index (χ3n) is 2.02. The van der Waals surface area contributed by atoms with Crippen molar-refractivity contribution in [3.63, 3.8) is 0 Å². The predicted molar refractivity (Wildman–Crippen MR) is 48.9 cm³/mol. The van der Waals surface area contributed by atoms with Crippen LogP contribution in [0, 0.1) is 0 Å². The molecule has 0 unspecified atom stereocenters. The maximum absolute atomic E-state index is 11.4. The van der Waals surface area contributed by atoms with Gasteiger partial charge in [0.25, 0.3) is 5.78 Å². The van der Waals surface area contributed by atoms with Crippen LogP contribution in [0.15, 0.2) is 29.1 Å². The molecule has 0 amide bonds. The number of rotatable bonds is 0. The van der Waals surface area contributed by atoms with Crippen LogP contribution < -0.4 is 5.69 Å². The van der Waals surface area contributed by atoms with Crippen LogP contribution >= 0.6 is 0 Å². The molecular weight excluding hydrogens is 182 g/mol. The Morgan fingerprint density at radius 2 is 2.07 bits per heavy atom. The van der Waals surface area contributed by atoms with E-state index < -0.39 is 0 Å². The fourth-order valence-corrected chi connectivity index (χ4v) is 1.41. The van der Waals surface area contributed by atoms with E-state index in [1.807, 2.05) is 12.1 Å². The fourth-order valence-electron chi connectivity index (χ4n) is 1.41. The summed E-state index contributed by atoms with van der Waals surface area (Å²) < 4.78 is 1.39. The highest BCUT2D eigenvalue weighted by Gasteiger charge is 2.05. The van der Waals surface area contributed by atoms with Crippen LogP contribution in [0.4, 0.5) is 0 Å². The minimum Gasteiger partial charge on any atom is -0.246 e. The zero-order chi connectivity index (χ0) is 9.54. The van der Waals surface area contributed by atoms with Crippen molar-refractivity contribution in [1.82, 2.24) is 24.8 Å². The predicted octanol–water partition coefficient (Wildman–Crippen LogP) is -0.0342. The second-order valence-corrected chi connectivity index (χ2v) is 2.85. The van der Waals surface area contributed by atoms with Crippen molar-refractivity contribution in [3.05, 3.63) is 34.7 Å². The summed E-state index contributed by atoms with van der Waals surface area (Å²) in [6.07, 6.45) is 0. The highest BCUT2D eigenvalue weighted by Crippen LogP contribution is 2.07. The van der Waals surface area contributed by atoms with Crippen molar-refractivity contribution in [3.8, 4) is 0 Å². The quantitative estimate of drug-likeness (QED) is 0.536. The molecule has 14 heavy (non-hydrogen) atoms. The molecule has 0 aliphatic heterocycles. The van der Waals surface area contributed by atoms with Crippen molar-refractivity contribution in [2.24, 2.45) is 0 Å². The molecule has 0 atom stereocenters. The Morgan fingerprint density at radius 1 is 1.21 bits per heavy atom. The first-order valence-electron chi connectivity index (χ1n) is 4.05. The highest BCUT2D eigenvalue weighted by atomic mass is 16.1. The molecule has 1 N–H and O–H groups in total. The Labute approximate surface area is 77.2 Å². The summed E-state index contributed by atoms with van der Waals surface area (Å²) in [6, 6.07) is 7.27. The number of aromatic amines is 1. The number of benzene rings is 1. The average Bonchev–Trinajstić information content (AvgIpc) is 2.61. The fraction of sp³-hybridized carbons (Fsp3) is 0. The lowest BCUT2D eigenvalue weighted by molar-refractivity contribution is 1.01. The zero-order valence-electron chi connectivity index (χ0n) is 7.01. The minimum absolute atomic E-state index is 0.286. The summed E-state index contributed by atoms with van der Waals surface area (Å²) in [5.74, 6) is 0.286. The third-order valence-corrected chi connectivity index (χ3v) is 2.02. The summed E-state index contributed by atoms with van der Waals surface area (Å²) in [5, 5.41) is 13.8. The van der Waals surface area contributed by atoms with Crippen molar-refractivity contribution < 1.29 is 0 Å². The van der Waals surface area contributed by atoms with Gasteiger partial charge in [-0.05, 0) is 12.1 Å². The summed E-state index contributed by atoms with van der Waals surface area (Å²) in [7, 11) is 0. The van der Waals surface area contributed by atoms with Gasteiger partial charge in [0.2, 0.25) is 0 Å².